The third-order valence-corrected chi connectivity index (χ3v) is 4.65. The summed E-state index contributed by atoms with van der Waals surface area (Å²) in [6, 6.07) is 2.02. The second kappa shape index (κ2) is 6.36. The average molecular weight is 323 g/mol. The highest BCUT2D eigenvalue weighted by atomic mass is 32.1. The first-order valence-electron chi connectivity index (χ1n) is 6.47. The van der Waals surface area contributed by atoms with E-state index < -0.39 is 0 Å². The summed E-state index contributed by atoms with van der Waals surface area (Å²) in [5.41, 5.74) is 1.45. The van der Waals surface area contributed by atoms with Gasteiger partial charge in [-0.15, -0.1) is 22.7 Å². The Hall–Kier alpha value is -1.73. The summed E-state index contributed by atoms with van der Waals surface area (Å²) in [5, 5.41) is 7.57. The van der Waals surface area contributed by atoms with E-state index in [0.717, 1.165) is 5.56 Å². The molecule has 2 rings (SSSR count). The SMILES string of the molecule is CC(=O)Nc1nc(C(=O)NC(C)c2cc(C)sc2C)cs1. The van der Waals surface area contributed by atoms with Gasteiger partial charge in [-0.05, 0) is 32.4 Å². The standard InChI is InChI=1S/C14H17N3O2S2/c1-7-5-11(9(3)21-7)8(2)15-13(19)12-6-20-14(17-12)16-10(4)18/h5-6,8H,1-4H3,(H,15,19)(H,16,17,18). The molecule has 0 bridgehead atoms. The van der Waals surface area contributed by atoms with E-state index in [1.54, 1.807) is 16.7 Å². The van der Waals surface area contributed by atoms with Crippen molar-refractivity contribution in [2.45, 2.75) is 33.7 Å². The monoisotopic (exact) mass is 323 g/mol. The van der Waals surface area contributed by atoms with Gasteiger partial charge in [0.1, 0.15) is 5.69 Å². The van der Waals surface area contributed by atoms with Crippen LogP contribution in [-0.4, -0.2) is 16.8 Å². The van der Waals surface area contributed by atoms with Crippen molar-refractivity contribution >= 4 is 39.6 Å². The first-order valence-corrected chi connectivity index (χ1v) is 8.17. The van der Waals surface area contributed by atoms with Gasteiger partial charge in [0.15, 0.2) is 5.13 Å². The van der Waals surface area contributed by atoms with E-state index >= 15 is 0 Å². The van der Waals surface area contributed by atoms with Crippen molar-refractivity contribution in [3.05, 3.63) is 32.5 Å². The second-order valence-corrected chi connectivity index (χ2v) is 7.10. The van der Waals surface area contributed by atoms with Gasteiger partial charge in [-0.2, -0.15) is 0 Å². The largest absolute Gasteiger partial charge is 0.344 e. The molecule has 0 radical (unpaired) electrons. The molecule has 2 aromatic rings. The molecule has 112 valence electrons. The zero-order valence-electron chi connectivity index (χ0n) is 12.3. The maximum Gasteiger partial charge on any atom is 0.271 e. The van der Waals surface area contributed by atoms with Gasteiger partial charge in [0.05, 0.1) is 6.04 Å². The van der Waals surface area contributed by atoms with Crippen molar-refractivity contribution in [3.8, 4) is 0 Å². The molecule has 0 spiro atoms. The maximum atomic E-state index is 12.2. The van der Waals surface area contributed by atoms with Crippen molar-refractivity contribution in [2.24, 2.45) is 0 Å². The Kier molecular flexibility index (Phi) is 4.74. The van der Waals surface area contributed by atoms with Crippen LogP contribution in [-0.2, 0) is 4.79 Å². The minimum absolute atomic E-state index is 0.0756. The Morgan fingerprint density at radius 3 is 2.62 bits per heavy atom. The predicted octanol–water partition coefficient (Wildman–Crippen LogP) is 3.27. The molecule has 0 saturated heterocycles. The lowest BCUT2D eigenvalue weighted by Gasteiger charge is -2.12. The van der Waals surface area contributed by atoms with Crippen molar-refractivity contribution in [1.82, 2.24) is 10.3 Å². The first kappa shape index (κ1) is 15.7. The lowest BCUT2D eigenvalue weighted by Crippen LogP contribution is -2.27. The summed E-state index contributed by atoms with van der Waals surface area (Å²) in [7, 11) is 0. The van der Waals surface area contributed by atoms with Gasteiger partial charge >= 0.3 is 0 Å². The zero-order valence-corrected chi connectivity index (χ0v) is 13.9. The van der Waals surface area contributed by atoms with Crippen LogP contribution in [0, 0.1) is 13.8 Å². The molecule has 0 aromatic carbocycles. The number of aryl methyl sites for hydroxylation is 2. The van der Waals surface area contributed by atoms with Crippen LogP contribution in [0.4, 0.5) is 5.13 Å². The Balaban J connectivity index is 2.05. The number of nitrogens with zero attached hydrogens (tertiary/aromatic N) is 1. The molecule has 2 aromatic heterocycles. The number of thiazole rings is 1. The van der Waals surface area contributed by atoms with Crippen LogP contribution in [0.15, 0.2) is 11.4 Å². The summed E-state index contributed by atoms with van der Waals surface area (Å²) < 4.78 is 0. The van der Waals surface area contributed by atoms with E-state index in [2.05, 4.69) is 28.6 Å². The number of carbonyl (C=O) groups is 2. The molecule has 0 aliphatic rings. The average Bonchev–Trinajstić information content (AvgIpc) is 2.95. The van der Waals surface area contributed by atoms with Crippen LogP contribution in [0.2, 0.25) is 0 Å². The fourth-order valence-electron chi connectivity index (χ4n) is 2.01. The van der Waals surface area contributed by atoms with E-state index in [4.69, 9.17) is 0 Å². The number of amides is 2. The first-order chi connectivity index (χ1) is 9.86. The lowest BCUT2D eigenvalue weighted by atomic mass is 10.1. The molecule has 5 nitrogen and oxygen atoms in total. The minimum Gasteiger partial charge on any atom is -0.344 e. The summed E-state index contributed by atoms with van der Waals surface area (Å²) in [4.78, 5) is 29.7. The summed E-state index contributed by atoms with van der Waals surface area (Å²) in [6.45, 7) is 7.46. The van der Waals surface area contributed by atoms with Gasteiger partial charge in [0.2, 0.25) is 5.91 Å². The van der Waals surface area contributed by atoms with Crippen LogP contribution in [0.1, 0.15) is 45.7 Å². The highest BCUT2D eigenvalue weighted by molar-refractivity contribution is 7.14. The van der Waals surface area contributed by atoms with Gasteiger partial charge in [0.25, 0.3) is 5.91 Å². The molecule has 0 aliphatic heterocycles. The van der Waals surface area contributed by atoms with Crippen LogP contribution in [0.5, 0.6) is 0 Å². The third kappa shape index (κ3) is 3.89. The number of carbonyl (C=O) groups excluding carboxylic acids is 2. The smallest absolute Gasteiger partial charge is 0.271 e. The summed E-state index contributed by atoms with van der Waals surface area (Å²) >= 11 is 2.95. The Morgan fingerprint density at radius 2 is 2.05 bits per heavy atom. The van der Waals surface area contributed by atoms with Crippen molar-refractivity contribution in [1.29, 1.82) is 0 Å². The number of anilines is 1. The topological polar surface area (TPSA) is 71.1 Å². The summed E-state index contributed by atoms with van der Waals surface area (Å²) in [6.07, 6.45) is 0. The number of hydrogen-bond acceptors (Lipinski definition) is 5. The molecule has 0 fully saturated rings. The number of hydrogen-bond donors (Lipinski definition) is 2. The molecule has 2 amide bonds. The molecule has 2 N–H and O–H groups in total. The number of aromatic nitrogens is 1. The predicted molar refractivity (Wildman–Crippen MR) is 86.1 cm³/mol. The van der Waals surface area contributed by atoms with Crippen molar-refractivity contribution in [2.75, 3.05) is 5.32 Å². The van der Waals surface area contributed by atoms with E-state index in [1.807, 2.05) is 13.8 Å². The minimum atomic E-state index is -0.237. The molecule has 7 heteroatoms. The summed E-state index contributed by atoms with van der Waals surface area (Å²) in [5.74, 6) is -0.437. The number of nitrogens with one attached hydrogen (secondary N) is 2. The molecular formula is C14H17N3O2S2. The van der Waals surface area contributed by atoms with Crippen LogP contribution in [0.25, 0.3) is 0 Å². The molecule has 0 saturated carbocycles. The van der Waals surface area contributed by atoms with E-state index in [1.165, 1.54) is 28.0 Å². The van der Waals surface area contributed by atoms with Crippen LogP contribution >= 0.6 is 22.7 Å². The van der Waals surface area contributed by atoms with Gasteiger partial charge in [0, 0.05) is 22.1 Å². The van der Waals surface area contributed by atoms with E-state index in [0.29, 0.717) is 10.8 Å². The van der Waals surface area contributed by atoms with Gasteiger partial charge in [-0.1, -0.05) is 0 Å². The van der Waals surface area contributed by atoms with Gasteiger partial charge in [-0.25, -0.2) is 4.98 Å². The van der Waals surface area contributed by atoms with Gasteiger partial charge < -0.3 is 10.6 Å². The van der Waals surface area contributed by atoms with Crippen LogP contribution < -0.4 is 10.6 Å². The molecule has 1 unspecified atom stereocenters. The molecule has 0 aliphatic carbocycles. The molecule has 21 heavy (non-hydrogen) atoms. The molecule has 2 heterocycles. The normalized spacial score (nSPS) is 12.0. The third-order valence-electron chi connectivity index (χ3n) is 2.91. The zero-order chi connectivity index (χ0) is 15.6. The van der Waals surface area contributed by atoms with E-state index in [9.17, 15) is 9.59 Å². The van der Waals surface area contributed by atoms with Crippen molar-refractivity contribution in [3.63, 3.8) is 0 Å². The Morgan fingerprint density at radius 1 is 1.33 bits per heavy atom. The lowest BCUT2D eigenvalue weighted by molar-refractivity contribution is -0.114. The Labute approximate surface area is 131 Å². The van der Waals surface area contributed by atoms with Gasteiger partial charge in [-0.3, -0.25) is 9.59 Å². The Bertz CT molecular complexity index is 676. The fraction of sp³-hybridized carbons (Fsp3) is 0.357. The van der Waals surface area contributed by atoms with Crippen molar-refractivity contribution < 1.29 is 9.59 Å². The highest BCUT2D eigenvalue weighted by Gasteiger charge is 2.17. The number of rotatable bonds is 4. The second-order valence-electron chi connectivity index (χ2n) is 4.78. The maximum absolute atomic E-state index is 12.2. The number of thiophene rings is 1. The van der Waals surface area contributed by atoms with Crippen LogP contribution in [0.3, 0.4) is 0 Å². The highest BCUT2D eigenvalue weighted by Crippen LogP contribution is 2.26. The quantitative estimate of drug-likeness (QED) is 0.907. The fourth-order valence-corrected chi connectivity index (χ4v) is 3.77. The molecular weight excluding hydrogens is 306 g/mol. The molecule has 1 atom stereocenters. The van der Waals surface area contributed by atoms with E-state index in [-0.39, 0.29) is 17.9 Å².